The number of carboxylic acid groups (broad SMARTS) is 2. The standard InChI is InChI=1S/C10H12O10.Na.H/c1-5(11)20-8(15)4-19-7(14)3-10(18,9(16)17)2-6(12)13;;/h18H,2-4H2,1H3,(H,12,13)(H,16,17);;/q;+1;-1. The number of hydrogen-bond acceptors (Lipinski definition) is 8. The quantitative estimate of drug-likeness (QED) is 0.236. The summed E-state index contributed by atoms with van der Waals surface area (Å²) >= 11 is 0. The zero-order chi connectivity index (χ0) is 15.9. The second kappa shape index (κ2) is 9.45. The van der Waals surface area contributed by atoms with E-state index in [4.69, 9.17) is 10.2 Å². The van der Waals surface area contributed by atoms with Crippen LogP contribution in [-0.2, 0) is 33.4 Å². The van der Waals surface area contributed by atoms with Gasteiger partial charge in [0, 0.05) is 6.92 Å². The van der Waals surface area contributed by atoms with Crippen molar-refractivity contribution >= 4 is 29.8 Å². The van der Waals surface area contributed by atoms with Crippen molar-refractivity contribution in [3.63, 3.8) is 0 Å². The van der Waals surface area contributed by atoms with Gasteiger partial charge in [0.05, 0.1) is 12.8 Å². The van der Waals surface area contributed by atoms with E-state index in [0.717, 1.165) is 6.92 Å². The molecule has 0 aromatic carbocycles. The summed E-state index contributed by atoms with van der Waals surface area (Å²) in [5.41, 5.74) is -2.85. The van der Waals surface area contributed by atoms with Crippen LogP contribution in [0, 0.1) is 0 Å². The summed E-state index contributed by atoms with van der Waals surface area (Å²) < 4.78 is 8.26. The first-order valence-corrected chi connectivity index (χ1v) is 5.11. The molecular weight excluding hydrogens is 303 g/mol. The molecule has 0 aliphatic rings. The summed E-state index contributed by atoms with van der Waals surface area (Å²) in [6, 6.07) is 0. The predicted molar refractivity (Wildman–Crippen MR) is 58.3 cm³/mol. The molecule has 0 aromatic heterocycles. The van der Waals surface area contributed by atoms with E-state index in [1.165, 1.54) is 0 Å². The van der Waals surface area contributed by atoms with E-state index < -0.39 is 54.9 Å². The largest absolute Gasteiger partial charge is 1.00 e. The van der Waals surface area contributed by atoms with Gasteiger partial charge in [-0.3, -0.25) is 14.4 Å². The molecule has 0 heterocycles. The molecule has 0 bridgehead atoms. The van der Waals surface area contributed by atoms with Gasteiger partial charge >= 0.3 is 59.4 Å². The number of aliphatic carboxylic acids is 2. The Hall–Kier alpha value is -1.49. The Balaban J connectivity index is -0.00000180. The minimum Gasteiger partial charge on any atom is -1.00 e. The fourth-order valence-electron chi connectivity index (χ4n) is 1.08. The van der Waals surface area contributed by atoms with Crippen molar-refractivity contribution in [2.24, 2.45) is 0 Å². The Kier molecular flexibility index (Phi) is 9.81. The number of carbonyl (C=O) groups excluding carboxylic acids is 3. The summed E-state index contributed by atoms with van der Waals surface area (Å²) in [5.74, 6) is -7.03. The summed E-state index contributed by atoms with van der Waals surface area (Å²) in [5, 5.41) is 26.6. The maximum absolute atomic E-state index is 11.2. The topological polar surface area (TPSA) is 165 Å². The monoisotopic (exact) mass is 316 g/mol. The Morgan fingerprint density at radius 2 is 1.57 bits per heavy atom. The van der Waals surface area contributed by atoms with Crippen LogP contribution in [0.5, 0.6) is 0 Å². The normalized spacial score (nSPS) is 12.3. The molecule has 0 aromatic rings. The van der Waals surface area contributed by atoms with E-state index in [-0.39, 0.29) is 31.0 Å². The molecule has 1 unspecified atom stereocenters. The summed E-state index contributed by atoms with van der Waals surface area (Å²) in [6.45, 7) is -0.0308. The van der Waals surface area contributed by atoms with Crippen LogP contribution < -0.4 is 29.6 Å². The first-order chi connectivity index (χ1) is 9.06. The van der Waals surface area contributed by atoms with Gasteiger partial charge in [-0.1, -0.05) is 0 Å². The molecular formula is C10H13NaO10. The molecule has 1 atom stereocenters. The first-order valence-electron chi connectivity index (χ1n) is 5.11. The van der Waals surface area contributed by atoms with Crippen LogP contribution in [0.1, 0.15) is 21.2 Å². The van der Waals surface area contributed by atoms with Crippen LogP contribution in [0.15, 0.2) is 0 Å². The van der Waals surface area contributed by atoms with Gasteiger partial charge in [0.2, 0.25) is 0 Å². The van der Waals surface area contributed by atoms with Crippen molar-refractivity contribution < 1.29 is 79.7 Å². The van der Waals surface area contributed by atoms with Crippen molar-refractivity contribution in [3.05, 3.63) is 0 Å². The molecule has 0 saturated heterocycles. The SMILES string of the molecule is CC(=O)OC(=O)COC(=O)CC(O)(CC(=O)O)C(=O)O.[H-].[Na+]. The Bertz CT molecular complexity index is 451. The van der Waals surface area contributed by atoms with Gasteiger partial charge in [0.1, 0.15) is 0 Å². The molecule has 0 aliphatic carbocycles. The van der Waals surface area contributed by atoms with E-state index in [2.05, 4.69) is 9.47 Å². The van der Waals surface area contributed by atoms with Crippen LogP contribution in [0.25, 0.3) is 0 Å². The second-order valence-corrected chi connectivity index (χ2v) is 3.71. The zero-order valence-corrected chi connectivity index (χ0v) is 13.3. The molecule has 0 fully saturated rings. The van der Waals surface area contributed by atoms with Crippen molar-refractivity contribution in [2.75, 3.05) is 6.61 Å². The van der Waals surface area contributed by atoms with Gasteiger partial charge in [-0.25, -0.2) is 9.59 Å². The molecule has 21 heavy (non-hydrogen) atoms. The fourth-order valence-corrected chi connectivity index (χ4v) is 1.08. The molecule has 10 nitrogen and oxygen atoms in total. The van der Waals surface area contributed by atoms with Crippen molar-refractivity contribution in [1.82, 2.24) is 0 Å². The van der Waals surface area contributed by atoms with Gasteiger partial charge in [0.25, 0.3) is 0 Å². The Morgan fingerprint density at radius 3 is 1.95 bits per heavy atom. The number of carboxylic acids is 2. The molecule has 11 heteroatoms. The molecule has 0 spiro atoms. The summed E-state index contributed by atoms with van der Waals surface area (Å²) in [6.07, 6.45) is -2.41. The Morgan fingerprint density at radius 1 is 1.05 bits per heavy atom. The van der Waals surface area contributed by atoms with Crippen LogP contribution in [0.4, 0.5) is 0 Å². The molecule has 3 N–H and O–H groups in total. The van der Waals surface area contributed by atoms with Gasteiger partial charge in [-0.2, -0.15) is 0 Å². The zero-order valence-electron chi connectivity index (χ0n) is 12.3. The average Bonchev–Trinajstić information content (AvgIpc) is 2.23. The maximum Gasteiger partial charge on any atom is 1.00 e. The Labute approximate surface area is 141 Å². The van der Waals surface area contributed by atoms with Crippen LogP contribution >= 0.6 is 0 Å². The fraction of sp³-hybridized carbons (Fsp3) is 0.500. The molecule has 0 saturated carbocycles. The second-order valence-electron chi connectivity index (χ2n) is 3.71. The van der Waals surface area contributed by atoms with Gasteiger partial charge in [0.15, 0.2) is 12.2 Å². The maximum atomic E-state index is 11.2. The number of carbonyl (C=O) groups is 5. The number of aliphatic hydroxyl groups is 1. The third kappa shape index (κ3) is 9.13. The minimum atomic E-state index is -2.85. The summed E-state index contributed by atoms with van der Waals surface area (Å²) in [7, 11) is 0. The summed E-state index contributed by atoms with van der Waals surface area (Å²) in [4.78, 5) is 53.5. The van der Waals surface area contributed by atoms with E-state index in [1.54, 1.807) is 0 Å². The van der Waals surface area contributed by atoms with Crippen LogP contribution in [0.3, 0.4) is 0 Å². The third-order valence-electron chi connectivity index (χ3n) is 1.89. The molecule has 114 valence electrons. The van der Waals surface area contributed by atoms with Gasteiger partial charge < -0.3 is 26.2 Å². The predicted octanol–water partition coefficient (Wildman–Crippen LogP) is -4.58. The molecule has 0 aliphatic heterocycles. The third-order valence-corrected chi connectivity index (χ3v) is 1.89. The van der Waals surface area contributed by atoms with Crippen molar-refractivity contribution in [1.29, 1.82) is 0 Å². The van der Waals surface area contributed by atoms with E-state index in [9.17, 15) is 29.1 Å². The van der Waals surface area contributed by atoms with Crippen LogP contribution in [0.2, 0.25) is 0 Å². The number of rotatable bonds is 7. The van der Waals surface area contributed by atoms with Gasteiger partial charge in [-0.05, 0) is 0 Å². The molecule has 0 amide bonds. The number of ether oxygens (including phenoxy) is 2. The molecule has 0 rings (SSSR count). The first kappa shape index (κ1) is 21.8. The van der Waals surface area contributed by atoms with Crippen LogP contribution in [-0.4, -0.2) is 57.4 Å². The van der Waals surface area contributed by atoms with Gasteiger partial charge in [-0.15, -0.1) is 0 Å². The van der Waals surface area contributed by atoms with Crippen molar-refractivity contribution in [2.45, 2.75) is 25.4 Å². The number of hydrogen-bond donors (Lipinski definition) is 3. The minimum absolute atomic E-state index is 0. The average molecular weight is 316 g/mol. The van der Waals surface area contributed by atoms with E-state index >= 15 is 0 Å². The molecule has 0 radical (unpaired) electrons. The number of esters is 3. The smallest absolute Gasteiger partial charge is 1.00 e. The van der Waals surface area contributed by atoms with Crippen molar-refractivity contribution in [3.8, 4) is 0 Å². The van der Waals surface area contributed by atoms with E-state index in [0.29, 0.717) is 0 Å². The van der Waals surface area contributed by atoms with E-state index in [1.807, 2.05) is 0 Å².